The van der Waals surface area contributed by atoms with Crippen LogP contribution in [0.25, 0.3) is 11.1 Å². The monoisotopic (exact) mass is 322 g/mol. The zero-order chi connectivity index (χ0) is 12.2. The summed E-state index contributed by atoms with van der Waals surface area (Å²) in [7, 11) is -1.56. The maximum absolute atomic E-state index is 6.37. The first kappa shape index (κ1) is 11.5. The van der Waals surface area contributed by atoms with Gasteiger partial charge in [-0.15, -0.1) is 0 Å². The molecule has 0 spiro atoms. The van der Waals surface area contributed by atoms with E-state index in [4.69, 9.17) is 11.6 Å². The maximum atomic E-state index is 6.37. The lowest BCUT2D eigenvalue weighted by atomic mass is 10.1. The molecule has 0 fully saturated rings. The van der Waals surface area contributed by atoms with Crippen LogP contribution in [0.3, 0.4) is 0 Å². The van der Waals surface area contributed by atoms with E-state index in [2.05, 4.69) is 59.4 Å². The van der Waals surface area contributed by atoms with Crippen molar-refractivity contribution in [3.05, 3.63) is 45.9 Å². The van der Waals surface area contributed by atoms with Crippen molar-refractivity contribution in [3.63, 3.8) is 0 Å². The van der Waals surface area contributed by atoms with Gasteiger partial charge >= 0.3 is 0 Å². The Hall–Kier alpha value is -0.573. The number of hydrogen-bond donors (Lipinski definition) is 0. The van der Waals surface area contributed by atoms with Crippen LogP contribution in [0.2, 0.25) is 18.1 Å². The molecule has 17 heavy (non-hydrogen) atoms. The van der Waals surface area contributed by atoms with Crippen LogP contribution in [0.4, 0.5) is 0 Å². The zero-order valence-corrected chi connectivity index (χ0v) is 13.1. The van der Waals surface area contributed by atoms with Crippen LogP contribution in [-0.2, 0) is 0 Å². The van der Waals surface area contributed by atoms with Gasteiger partial charge in [-0.1, -0.05) is 58.8 Å². The zero-order valence-electron chi connectivity index (χ0n) is 9.72. The molecule has 0 nitrogen and oxygen atoms in total. The highest BCUT2D eigenvalue weighted by Crippen LogP contribution is 2.34. The first-order valence-electron chi connectivity index (χ1n) is 5.61. The summed E-state index contributed by atoms with van der Waals surface area (Å²) in [6.07, 6.45) is 0. The molecule has 1 aliphatic heterocycles. The van der Waals surface area contributed by atoms with Gasteiger partial charge in [0, 0.05) is 9.50 Å². The van der Waals surface area contributed by atoms with Gasteiger partial charge in [-0.05, 0) is 39.7 Å². The van der Waals surface area contributed by atoms with Crippen molar-refractivity contribution in [2.45, 2.75) is 13.1 Å². The van der Waals surface area contributed by atoms with Crippen molar-refractivity contribution >= 4 is 46.0 Å². The van der Waals surface area contributed by atoms with Gasteiger partial charge in [0.2, 0.25) is 0 Å². The van der Waals surface area contributed by atoms with Crippen LogP contribution >= 0.6 is 27.5 Å². The largest absolute Gasteiger partial charge is 0.113 e. The summed E-state index contributed by atoms with van der Waals surface area (Å²) in [4.78, 5) is 0. The molecule has 0 atom stereocenters. The Labute approximate surface area is 116 Å². The Morgan fingerprint density at radius 2 is 1.82 bits per heavy atom. The number of hydrogen-bond acceptors (Lipinski definition) is 0. The van der Waals surface area contributed by atoms with Crippen LogP contribution in [0.1, 0.15) is 0 Å². The lowest BCUT2D eigenvalue weighted by Gasteiger charge is -2.18. The molecule has 3 rings (SSSR count). The highest BCUT2D eigenvalue weighted by atomic mass is 79.9. The first-order valence-corrected chi connectivity index (χ1v) is 9.78. The van der Waals surface area contributed by atoms with Gasteiger partial charge in [-0.25, -0.2) is 0 Å². The van der Waals surface area contributed by atoms with Crippen molar-refractivity contribution in [1.29, 1.82) is 0 Å². The molecule has 0 aliphatic carbocycles. The highest BCUT2D eigenvalue weighted by Gasteiger charge is 2.38. The summed E-state index contributed by atoms with van der Waals surface area (Å²) in [5, 5.41) is 3.82. The van der Waals surface area contributed by atoms with E-state index in [0.717, 1.165) is 9.50 Å². The number of fused-ring (bicyclic) bond motifs is 3. The molecule has 0 radical (unpaired) electrons. The molecule has 86 valence electrons. The predicted molar refractivity (Wildman–Crippen MR) is 81.3 cm³/mol. The molecule has 0 N–H and O–H groups in total. The minimum atomic E-state index is -1.56. The van der Waals surface area contributed by atoms with Crippen molar-refractivity contribution in [2.75, 3.05) is 0 Å². The lowest BCUT2D eigenvalue weighted by Crippen LogP contribution is -2.49. The van der Waals surface area contributed by atoms with Gasteiger partial charge < -0.3 is 0 Å². The van der Waals surface area contributed by atoms with E-state index in [9.17, 15) is 0 Å². The van der Waals surface area contributed by atoms with E-state index in [-0.39, 0.29) is 0 Å². The molecule has 1 aliphatic rings. The Morgan fingerprint density at radius 1 is 1.06 bits per heavy atom. The SMILES string of the molecule is C[Si]1(C)c2cc(Br)ccc2-c2c(Cl)cccc21. The first-order chi connectivity index (χ1) is 8.01. The number of rotatable bonds is 0. The Balaban J connectivity index is 2.43. The lowest BCUT2D eigenvalue weighted by molar-refractivity contribution is 1.67. The quantitative estimate of drug-likeness (QED) is 0.645. The van der Waals surface area contributed by atoms with Gasteiger partial charge in [0.1, 0.15) is 8.07 Å². The predicted octanol–water partition coefficient (Wildman–Crippen LogP) is 3.91. The molecule has 0 bridgehead atoms. The smallest absolute Gasteiger partial charge is 0.0837 e. The van der Waals surface area contributed by atoms with Crippen LogP contribution in [0, 0.1) is 0 Å². The molecule has 2 aromatic rings. The van der Waals surface area contributed by atoms with Gasteiger partial charge in [-0.2, -0.15) is 0 Å². The van der Waals surface area contributed by atoms with E-state index < -0.39 is 8.07 Å². The summed E-state index contributed by atoms with van der Waals surface area (Å²) in [5.74, 6) is 0. The second-order valence-corrected chi connectivity index (χ2v) is 10.6. The third-order valence-electron chi connectivity index (χ3n) is 3.61. The average molecular weight is 324 g/mol. The summed E-state index contributed by atoms with van der Waals surface area (Å²) in [6, 6.07) is 12.8. The third-order valence-corrected chi connectivity index (χ3v) is 7.94. The molecule has 0 aromatic heterocycles. The fourth-order valence-electron chi connectivity index (χ4n) is 2.72. The Kier molecular flexibility index (Phi) is 2.51. The van der Waals surface area contributed by atoms with Gasteiger partial charge in [0.25, 0.3) is 0 Å². The number of benzene rings is 2. The van der Waals surface area contributed by atoms with E-state index in [1.807, 2.05) is 6.07 Å². The Bertz CT molecular complexity index is 620. The van der Waals surface area contributed by atoms with E-state index in [1.54, 1.807) is 0 Å². The standard InChI is InChI=1S/C14H12BrClSi/c1-17(2)12-5-3-4-11(16)14(12)10-7-6-9(15)8-13(10)17/h3-8H,1-2H3. The molecule has 2 aromatic carbocycles. The third kappa shape index (κ3) is 1.55. The molecule has 0 amide bonds. The van der Waals surface area contributed by atoms with Crippen LogP contribution in [0.5, 0.6) is 0 Å². The van der Waals surface area contributed by atoms with Crippen LogP contribution in [-0.4, -0.2) is 8.07 Å². The van der Waals surface area contributed by atoms with Crippen molar-refractivity contribution < 1.29 is 0 Å². The van der Waals surface area contributed by atoms with Gasteiger partial charge in [0.05, 0.1) is 0 Å². The van der Waals surface area contributed by atoms with E-state index in [0.29, 0.717) is 0 Å². The summed E-state index contributed by atoms with van der Waals surface area (Å²) in [5.41, 5.74) is 2.58. The van der Waals surface area contributed by atoms with Crippen molar-refractivity contribution in [1.82, 2.24) is 0 Å². The molecular weight excluding hydrogens is 312 g/mol. The summed E-state index contributed by atoms with van der Waals surface area (Å²) >= 11 is 9.94. The van der Waals surface area contributed by atoms with E-state index >= 15 is 0 Å². The molecule has 3 heteroatoms. The van der Waals surface area contributed by atoms with Crippen LogP contribution < -0.4 is 10.4 Å². The fourth-order valence-corrected chi connectivity index (χ4v) is 6.74. The summed E-state index contributed by atoms with van der Waals surface area (Å²) in [6.45, 7) is 4.78. The molecule has 1 heterocycles. The maximum Gasteiger partial charge on any atom is 0.113 e. The molecule has 0 saturated heterocycles. The van der Waals surface area contributed by atoms with Crippen LogP contribution in [0.15, 0.2) is 40.9 Å². The Morgan fingerprint density at radius 3 is 2.59 bits per heavy atom. The van der Waals surface area contributed by atoms with Gasteiger partial charge in [0.15, 0.2) is 0 Å². The molecule has 0 unspecified atom stereocenters. The highest BCUT2D eigenvalue weighted by molar-refractivity contribution is 9.10. The topological polar surface area (TPSA) is 0 Å². The van der Waals surface area contributed by atoms with Gasteiger partial charge in [-0.3, -0.25) is 0 Å². The second kappa shape index (κ2) is 3.71. The molecular formula is C14H12BrClSi. The molecule has 0 saturated carbocycles. The average Bonchev–Trinajstić information content (AvgIpc) is 2.50. The minimum Gasteiger partial charge on any atom is -0.0837 e. The van der Waals surface area contributed by atoms with E-state index in [1.165, 1.54) is 21.5 Å². The summed E-state index contributed by atoms with van der Waals surface area (Å²) < 4.78 is 1.15. The fraction of sp³-hybridized carbons (Fsp3) is 0.143. The van der Waals surface area contributed by atoms with Crippen molar-refractivity contribution in [2.24, 2.45) is 0 Å². The second-order valence-electron chi connectivity index (χ2n) is 4.98. The minimum absolute atomic E-state index is 0.879. The van der Waals surface area contributed by atoms with Crippen molar-refractivity contribution in [3.8, 4) is 11.1 Å². The number of halogens is 2. The normalized spacial score (nSPS) is 15.5.